The Kier molecular flexibility index (Phi) is 3.68. The molecule has 0 aliphatic heterocycles. The van der Waals surface area contributed by atoms with Crippen molar-refractivity contribution in [2.75, 3.05) is 7.11 Å². The molecule has 0 aromatic heterocycles. The number of fused-ring (bicyclic) bond motifs is 1. The second-order valence-corrected chi connectivity index (χ2v) is 4.43. The van der Waals surface area contributed by atoms with E-state index in [-0.39, 0.29) is 0 Å². The van der Waals surface area contributed by atoms with Gasteiger partial charge in [0.05, 0.1) is 7.11 Å². The van der Waals surface area contributed by atoms with Crippen molar-refractivity contribution in [1.29, 1.82) is 0 Å². The van der Waals surface area contributed by atoms with Crippen molar-refractivity contribution in [3.05, 3.63) is 48.0 Å². The largest absolute Gasteiger partial charge is 0.497 e. The Labute approximate surface area is 111 Å². The number of carbonyl (C=O) groups excluding carboxylic acids is 1. The summed E-state index contributed by atoms with van der Waals surface area (Å²) in [4.78, 5) is 10.8. The number of halogens is 1. The molecule has 0 fully saturated rings. The smallest absolute Gasteiger partial charge is 0.245 e. The van der Waals surface area contributed by atoms with Gasteiger partial charge in [-0.1, -0.05) is 18.2 Å². The lowest BCUT2D eigenvalue weighted by molar-refractivity contribution is -0.107. The van der Waals surface area contributed by atoms with Gasteiger partial charge >= 0.3 is 0 Å². The predicted octanol–water partition coefficient (Wildman–Crippen LogP) is 4.02. The van der Waals surface area contributed by atoms with Gasteiger partial charge in [0.2, 0.25) is 5.24 Å². The van der Waals surface area contributed by atoms with Gasteiger partial charge in [-0.3, -0.25) is 4.79 Å². The Hall–Kier alpha value is -1.80. The Balaban J connectivity index is 2.48. The molecular weight excluding hydrogens is 248 g/mol. The first-order valence-electron chi connectivity index (χ1n) is 5.56. The second kappa shape index (κ2) is 5.23. The van der Waals surface area contributed by atoms with Crippen molar-refractivity contribution >= 4 is 33.2 Å². The maximum Gasteiger partial charge on any atom is 0.245 e. The van der Waals surface area contributed by atoms with Crippen LogP contribution in [0.5, 0.6) is 5.75 Å². The molecular formula is C15H13ClO2. The molecule has 18 heavy (non-hydrogen) atoms. The lowest BCUT2D eigenvalue weighted by atomic mass is 10.0. The zero-order valence-electron chi connectivity index (χ0n) is 10.2. The van der Waals surface area contributed by atoms with E-state index in [0.29, 0.717) is 0 Å². The summed E-state index contributed by atoms with van der Waals surface area (Å²) in [6.45, 7) is 1.87. The van der Waals surface area contributed by atoms with E-state index in [1.54, 1.807) is 7.11 Å². The van der Waals surface area contributed by atoms with E-state index in [0.717, 1.165) is 27.7 Å². The van der Waals surface area contributed by atoms with Gasteiger partial charge in [0, 0.05) is 6.08 Å². The van der Waals surface area contributed by atoms with Crippen molar-refractivity contribution in [2.24, 2.45) is 0 Å². The summed E-state index contributed by atoms with van der Waals surface area (Å²) in [7, 11) is 1.65. The molecule has 0 unspecified atom stereocenters. The predicted molar refractivity (Wildman–Crippen MR) is 75.0 cm³/mol. The number of benzene rings is 2. The average molecular weight is 261 g/mol. The number of carbonyl (C=O) groups is 1. The van der Waals surface area contributed by atoms with Crippen molar-refractivity contribution in [3.8, 4) is 5.75 Å². The minimum Gasteiger partial charge on any atom is -0.497 e. The van der Waals surface area contributed by atoms with Crippen molar-refractivity contribution in [1.82, 2.24) is 0 Å². The van der Waals surface area contributed by atoms with E-state index in [1.807, 2.05) is 43.3 Å². The van der Waals surface area contributed by atoms with Crippen LogP contribution in [0.15, 0.2) is 42.5 Å². The molecule has 2 rings (SSSR count). The highest BCUT2D eigenvalue weighted by Gasteiger charge is 2.01. The fourth-order valence-corrected chi connectivity index (χ4v) is 2.01. The maximum absolute atomic E-state index is 10.8. The summed E-state index contributed by atoms with van der Waals surface area (Å²) >= 11 is 5.35. The molecule has 0 aliphatic carbocycles. The summed E-state index contributed by atoms with van der Waals surface area (Å²) in [6, 6.07) is 11.9. The zero-order chi connectivity index (χ0) is 13.1. The first-order chi connectivity index (χ1) is 8.60. The number of ether oxygens (including phenoxy) is 1. The molecule has 0 aliphatic rings. The number of methoxy groups -OCH3 is 1. The van der Waals surface area contributed by atoms with Crippen LogP contribution in [0, 0.1) is 0 Å². The molecule has 3 heteroatoms. The summed E-state index contributed by atoms with van der Waals surface area (Å²) < 4.78 is 5.18. The SMILES string of the molecule is COc1ccc2cc(/C(C)=C\C(=O)Cl)ccc2c1. The Bertz CT molecular complexity index is 629. The lowest BCUT2D eigenvalue weighted by Gasteiger charge is -2.05. The Morgan fingerprint density at radius 1 is 1.17 bits per heavy atom. The third-order valence-electron chi connectivity index (χ3n) is 2.83. The van der Waals surface area contributed by atoms with Crippen LogP contribution in [-0.4, -0.2) is 12.4 Å². The summed E-state index contributed by atoms with van der Waals surface area (Å²) in [5.41, 5.74) is 1.84. The third-order valence-corrected chi connectivity index (χ3v) is 2.94. The van der Waals surface area contributed by atoms with Crippen molar-refractivity contribution in [3.63, 3.8) is 0 Å². The van der Waals surface area contributed by atoms with Crippen LogP contribution in [-0.2, 0) is 4.79 Å². The first-order valence-corrected chi connectivity index (χ1v) is 5.94. The summed E-state index contributed by atoms with van der Waals surface area (Å²) in [5, 5.41) is 1.74. The summed E-state index contributed by atoms with van der Waals surface area (Å²) in [6.07, 6.45) is 1.42. The normalized spacial score (nSPS) is 11.6. The molecule has 0 saturated carbocycles. The molecule has 2 aromatic carbocycles. The molecule has 2 nitrogen and oxygen atoms in total. The van der Waals surface area contributed by atoms with E-state index in [1.165, 1.54) is 6.08 Å². The zero-order valence-corrected chi connectivity index (χ0v) is 11.0. The fraction of sp³-hybridized carbons (Fsp3) is 0.133. The highest BCUT2D eigenvalue weighted by Crippen LogP contribution is 2.24. The molecule has 92 valence electrons. The van der Waals surface area contributed by atoms with E-state index in [2.05, 4.69) is 0 Å². The summed E-state index contributed by atoms with van der Waals surface area (Å²) in [5.74, 6) is 0.832. The van der Waals surface area contributed by atoms with Gasteiger partial charge < -0.3 is 4.74 Å². The van der Waals surface area contributed by atoms with Gasteiger partial charge in [-0.05, 0) is 58.6 Å². The number of hydrogen-bond donors (Lipinski definition) is 0. The third kappa shape index (κ3) is 2.71. The van der Waals surface area contributed by atoms with Crippen LogP contribution in [0.3, 0.4) is 0 Å². The van der Waals surface area contributed by atoms with Gasteiger partial charge in [0.25, 0.3) is 0 Å². The first kappa shape index (κ1) is 12.7. The topological polar surface area (TPSA) is 26.3 Å². The number of hydrogen-bond acceptors (Lipinski definition) is 2. The number of allylic oxidation sites excluding steroid dienone is 2. The van der Waals surface area contributed by atoms with Crippen molar-refractivity contribution < 1.29 is 9.53 Å². The van der Waals surface area contributed by atoms with Crippen LogP contribution in [0.4, 0.5) is 0 Å². The molecule has 0 N–H and O–H groups in total. The molecule has 2 aromatic rings. The van der Waals surface area contributed by atoms with Crippen LogP contribution in [0.2, 0.25) is 0 Å². The van der Waals surface area contributed by atoms with Gasteiger partial charge in [-0.2, -0.15) is 0 Å². The highest BCUT2D eigenvalue weighted by molar-refractivity contribution is 6.67. The molecule has 0 radical (unpaired) electrons. The van der Waals surface area contributed by atoms with Gasteiger partial charge in [0.1, 0.15) is 5.75 Å². The van der Waals surface area contributed by atoms with Gasteiger partial charge in [-0.25, -0.2) is 0 Å². The van der Waals surface area contributed by atoms with Crippen LogP contribution >= 0.6 is 11.6 Å². The highest BCUT2D eigenvalue weighted by atomic mass is 35.5. The van der Waals surface area contributed by atoms with E-state index in [9.17, 15) is 4.79 Å². The minimum absolute atomic E-state index is 0.456. The van der Waals surface area contributed by atoms with Crippen LogP contribution < -0.4 is 4.74 Å². The Morgan fingerprint density at radius 2 is 1.83 bits per heavy atom. The van der Waals surface area contributed by atoms with E-state index < -0.39 is 5.24 Å². The quantitative estimate of drug-likeness (QED) is 0.616. The monoisotopic (exact) mass is 260 g/mol. The second-order valence-electron chi connectivity index (χ2n) is 4.06. The van der Waals surface area contributed by atoms with Crippen LogP contribution in [0.1, 0.15) is 12.5 Å². The van der Waals surface area contributed by atoms with E-state index in [4.69, 9.17) is 16.3 Å². The average Bonchev–Trinajstić information content (AvgIpc) is 2.36. The fourth-order valence-electron chi connectivity index (χ4n) is 1.85. The van der Waals surface area contributed by atoms with Gasteiger partial charge in [0.15, 0.2) is 0 Å². The number of rotatable bonds is 3. The minimum atomic E-state index is -0.456. The molecule has 0 bridgehead atoms. The van der Waals surface area contributed by atoms with E-state index >= 15 is 0 Å². The molecule has 0 atom stereocenters. The molecule has 0 heterocycles. The molecule has 0 spiro atoms. The van der Waals surface area contributed by atoms with Crippen LogP contribution in [0.25, 0.3) is 16.3 Å². The lowest BCUT2D eigenvalue weighted by Crippen LogP contribution is -1.86. The van der Waals surface area contributed by atoms with Gasteiger partial charge in [-0.15, -0.1) is 0 Å². The Morgan fingerprint density at radius 3 is 2.50 bits per heavy atom. The molecule has 0 saturated heterocycles. The maximum atomic E-state index is 10.8. The standard InChI is InChI=1S/C15H13ClO2/c1-10(7-15(16)17)11-3-4-13-9-14(18-2)6-5-12(13)8-11/h3-9H,1-2H3/b10-7-. The molecule has 0 amide bonds. The van der Waals surface area contributed by atoms with Crippen molar-refractivity contribution in [2.45, 2.75) is 6.92 Å².